The molecule has 0 aliphatic carbocycles. The molecule has 0 radical (unpaired) electrons. The Hall–Kier alpha value is -1.58. The first-order valence-corrected chi connectivity index (χ1v) is 4.50. The molecule has 2 N–H and O–H groups in total. The van der Waals surface area contributed by atoms with Crippen molar-refractivity contribution in [2.24, 2.45) is 0 Å². The second-order valence-electron chi connectivity index (χ2n) is 4.32. The number of fused-ring (bicyclic) bond motifs is 1. The Morgan fingerprint density at radius 3 is 2.64 bits per heavy atom. The molecule has 2 rings (SSSR count). The maximum Gasteiger partial charge on any atom is 0.249 e. The van der Waals surface area contributed by atoms with Crippen LogP contribution in [-0.2, 0) is 5.41 Å². The minimum absolute atomic E-state index is 0.118. The van der Waals surface area contributed by atoms with Gasteiger partial charge < -0.3 is 10.2 Å². The van der Waals surface area contributed by atoms with Gasteiger partial charge in [0.25, 0.3) is 0 Å². The maximum atomic E-state index is 5.75. The molecule has 4 nitrogen and oxygen atoms in total. The molecule has 74 valence electrons. The number of hydrogen-bond donors (Lipinski definition) is 1. The van der Waals surface area contributed by atoms with Crippen molar-refractivity contribution in [2.45, 2.75) is 26.2 Å². The van der Waals surface area contributed by atoms with Gasteiger partial charge in [-0.3, -0.25) is 0 Å². The van der Waals surface area contributed by atoms with E-state index in [1.807, 2.05) is 20.8 Å². The molecule has 0 fully saturated rings. The number of pyridine rings is 1. The van der Waals surface area contributed by atoms with Gasteiger partial charge in [-0.25, -0.2) is 9.97 Å². The average Bonchev–Trinajstić information content (AvgIpc) is 2.48. The molecule has 2 heterocycles. The number of nitrogens with zero attached hydrogens (tertiary/aromatic N) is 2. The fourth-order valence-electron chi connectivity index (χ4n) is 1.17. The molecule has 0 saturated heterocycles. The van der Waals surface area contributed by atoms with Gasteiger partial charge in [0.2, 0.25) is 11.6 Å². The lowest BCUT2D eigenvalue weighted by molar-refractivity contribution is 0.407. The molecule has 0 aliphatic heterocycles. The van der Waals surface area contributed by atoms with Crippen molar-refractivity contribution in [3.05, 3.63) is 18.2 Å². The first-order chi connectivity index (χ1) is 6.48. The molecule has 0 aliphatic rings. The van der Waals surface area contributed by atoms with E-state index in [0.29, 0.717) is 22.8 Å². The summed E-state index contributed by atoms with van der Waals surface area (Å²) in [5, 5.41) is 0. The molecule has 0 atom stereocenters. The van der Waals surface area contributed by atoms with Crippen molar-refractivity contribution in [1.29, 1.82) is 0 Å². The quantitative estimate of drug-likeness (QED) is 0.692. The van der Waals surface area contributed by atoms with Crippen molar-refractivity contribution < 1.29 is 4.42 Å². The number of anilines is 1. The SMILES string of the molecule is CC(C)(C)c1nc2c(N)ccnc2o1. The summed E-state index contributed by atoms with van der Waals surface area (Å²) in [7, 11) is 0. The molecule has 14 heavy (non-hydrogen) atoms. The van der Waals surface area contributed by atoms with E-state index >= 15 is 0 Å². The Labute approximate surface area is 82.1 Å². The molecule has 0 spiro atoms. The third-order valence-corrected chi connectivity index (χ3v) is 1.97. The first-order valence-electron chi connectivity index (χ1n) is 4.50. The smallest absolute Gasteiger partial charge is 0.249 e. The van der Waals surface area contributed by atoms with Gasteiger partial charge >= 0.3 is 0 Å². The summed E-state index contributed by atoms with van der Waals surface area (Å²) in [6, 6.07) is 1.72. The van der Waals surface area contributed by atoms with Gasteiger partial charge in [-0.2, -0.15) is 0 Å². The minimum Gasteiger partial charge on any atom is -0.422 e. The fraction of sp³-hybridized carbons (Fsp3) is 0.400. The van der Waals surface area contributed by atoms with E-state index in [0.717, 1.165) is 0 Å². The maximum absolute atomic E-state index is 5.75. The molecule has 0 saturated carbocycles. The summed E-state index contributed by atoms with van der Waals surface area (Å²) in [6.45, 7) is 6.11. The van der Waals surface area contributed by atoms with E-state index in [1.54, 1.807) is 12.3 Å². The van der Waals surface area contributed by atoms with Crippen molar-refractivity contribution in [3.8, 4) is 0 Å². The second kappa shape index (κ2) is 2.70. The zero-order valence-corrected chi connectivity index (χ0v) is 8.53. The highest BCUT2D eigenvalue weighted by Gasteiger charge is 2.21. The summed E-state index contributed by atoms with van der Waals surface area (Å²) < 4.78 is 5.51. The number of nitrogen functional groups attached to an aromatic ring is 1. The summed E-state index contributed by atoms with van der Waals surface area (Å²) >= 11 is 0. The van der Waals surface area contributed by atoms with E-state index in [1.165, 1.54) is 0 Å². The Morgan fingerprint density at radius 1 is 1.36 bits per heavy atom. The van der Waals surface area contributed by atoms with Crippen LogP contribution >= 0.6 is 0 Å². The predicted molar refractivity (Wildman–Crippen MR) is 54.9 cm³/mol. The zero-order chi connectivity index (χ0) is 10.3. The predicted octanol–water partition coefficient (Wildman–Crippen LogP) is 2.10. The fourth-order valence-corrected chi connectivity index (χ4v) is 1.17. The van der Waals surface area contributed by atoms with Crippen molar-refractivity contribution in [2.75, 3.05) is 5.73 Å². The number of rotatable bonds is 0. The van der Waals surface area contributed by atoms with Gasteiger partial charge in [-0.05, 0) is 6.07 Å². The van der Waals surface area contributed by atoms with Crippen molar-refractivity contribution in [3.63, 3.8) is 0 Å². The molecule has 4 heteroatoms. The normalized spacial score (nSPS) is 12.2. The van der Waals surface area contributed by atoms with Crippen LogP contribution in [0.25, 0.3) is 11.2 Å². The lowest BCUT2D eigenvalue weighted by atomic mass is 9.97. The van der Waals surface area contributed by atoms with Crippen molar-refractivity contribution in [1.82, 2.24) is 9.97 Å². The molecule has 0 aromatic carbocycles. The van der Waals surface area contributed by atoms with Gasteiger partial charge in [0.15, 0.2) is 5.52 Å². The highest BCUT2D eigenvalue weighted by Crippen LogP contribution is 2.26. The largest absolute Gasteiger partial charge is 0.422 e. The van der Waals surface area contributed by atoms with Gasteiger partial charge in [-0.15, -0.1) is 0 Å². The van der Waals surface area contributed by atoms with Crippen LogP contribution in [0.4, 0.5) is 5.69 Å². The summed E-state index contributed by atoms with van der Waals surface area (Å²) in [5.41, 5.74) is 7.40. The van der Waals surface area contributed by atoms with Crippen LogP contribution in [0, 0.1) is 0 Å². The summed E-state index contributed by atoms with van der Waals surface area (Å²) in [6.07, 6.45) is 1.62. The zero-order valence-electron chi connectivity index (χ0n) is 8.53. The lowest BCUT2D eigenvalue weighted by Gasteiger charge is -2.11. The standard InChI is InChI=1S/C10H13N3O/c1-10(2,3)9-13-7-6(11)4-5-12-8(7)14-9/h4-5H,1-3H3,(H2,11,12). The highest BCUT2D eigenvalue weighted by molar-refractivity contribution is 5.82. The topological polar surface area (TPSA) is 64.9 Å². The van der Waals surface area contributed by atoms with Crippen LogP contribution in [0.1, 0.15) is 26.7 Å². The minimum atomic E-state index is -0.118. The van der Waals surface area contributed by atoms with E-state index in [9.17, 15) is 0 Å². The lowest BCUT2D eigenvalue weighted by Crippen LogP contribution is -2.11. The van der Waals surface area contributed by atoms with Crippen LogP contribution in [0.3, 0.4) is 0 Å². The van der Waals surface area contributed by atoms with Crippen LogP contribution < -0.4 is 5.73 Å². The van der Waals surface area contributed by atoms with Gasteiger partial charge in [-0.1, -0.05) is 20.8 Å². The van der Waals surface area contributed by atoms with Crippen molar-refractivity contribution >= 4 is 16.9 Å². The third kappa shape index (κ3) is 1.32. The molecule has 2 aromatic heterocycles. The Balaban J connectivity index is 2.69. The molecule has 0 unspecified atom stereocenters. The van der Waals surface area contributed by atoms with Gasteiger partial charge in [0.1, 0.15) is 0 Å². The van der Waals surface area contributed by atoms with Gasteiger partial charge in [0, 0.05) is 11.6 Å². The van der Waals surface area contributed by atoms with E-state index < -0.39 is 0 Å². The molecular formula is C10H13N3O. The average molecular weight is 191 g/mol. The number of aromatic nitrogens is 2. The van der Waals surface area contributed by atoms with E-state index in [2.05, 4.69) is 9.97 Å². The molecule has 2 aromatic rings. The van der Waals surface area contributed by atoms with Crippen LogP contribution in [0.5, 0.6) is 0 Å². The summed E-state index contributed by atoms with van der Waals surface area (Å²) in [4.78, 5) is 8.40. The Bertz CT molecular complexity index is 468. The number of hydrogen-bond acceptors (Lipinski definition) is 4. The van der Waals surface area contributed by atoms with Crippen LogP contribution in [-0.4, -0.2) is 9.97 Å². The Kier molecular flexibility index (Phi) is 1.74. The van der Waals surface area contributed by atoms with E-state index in [4.69, 9.17) is 10.2 Å². The third-order valence-electron chi connectivity index (χ3n) is 1.97. The molecule has 0 amide bonds. The Morgan fingerprint density at radius 2 is 2.07 bits per heavy atom. The first kappa shape index (κ1) is 8.99. The monoisotopic (exact) mass is 191 g/mol. The van der Waals surface area contributed by atoms with Gasteiger partial charge in [0.05, 0.1) is 5.69 Å². The summed E-state index contributed by atoms with van der Waals surface area (Å²) in [5.74, 6) is 0.665. The second-order valence-corrected chi connectivity index (χ2v) is 4.32. The van der Waals surface area contributed by atoms with Crippen LogP contribution in [0.2, 0.25) is 0 Å². The number of oxazole rings is 1. The van der Waals surface area contributed by atoms with Crippen LogP contribution in [0.15, 0.2) is 16.7 Å². The molecule has 0 bridgehead atoms. The number of nitrogens with two attached hydrogens (primary N) is 1. The molecular weight excluding hydrogens is 178 g/mol. The highest BCUT2D eigenvalue weighted by atomic mass is 16.4. The van der Waals surface area contributed by atoms with E-state index in [-0.39, 0.29) is 5.41 Å².